The number of nitrogens with zero attached hydrogens (tertiary/aromatic N) is 1. The van der Waals surface area contributed by atoms with E-state index in [2.05, 4.69) is 9.72 Å². The maximum Gasteiger partial charge on any atom is 0.573 e. The van der Waals surface area contributed by atoms with Crippen LogP contribution in [0.3, 0.4) is 0 Å². The first kappa shape index (κ1) is 14.6. The Morgan fingerprint density at radius 1 is 0.875 bits per heavy atom. The van der Waals surface area contributed by atoms with Crippen LogP contribution in [-0.4, -0.2) is 11.3 Å². The highest BCUT2D eigenvalue weighted by Gasteiger charge is 2.31. The van der Waals surface area contributed by atoms with E-state index in [0.29, 0.717) is 17.0 Å². The normalized spacial score (nSPS) is 12.0. The number of aromatic nitrogens is 1. The quantitative estimate of drug-likeness (QED) is 0.484. The Kier molecular flexibility index (Phi) is 3.19. The van der Waals surface area contributed by atoms with Gasteiger partial charge in [0, 0.05) is 11.6 Å². The molecule has 0 atom stereocenters. The first-order valence-corrected chi connectivity index (χ1v) is 7.13. The molecule has 4 rings (SSSR count). The Labute approximate surface area is 134 Å². The molecule has 6 heteroatoms. The first-order valence-electron chi connectivity index (χ1n) is 7.13. The van der Waals surface area contributed by atoms with E-state index < -0.39 is 6.36 Å². The van der Waals surface area contributed by atoms with Crippen molar-refractivity contribution in [1.82, 2.24) is 4.98 Å². The third kappa shape index (κ3) is 2.78. The second-order valence-corrected chi connectivity index (χ2v) is 5.26. The predicted molar refractivity (Wildman–Crippen MR) is 83.6 cm³/mol. The Balaban J connectivity index is 1.76. The summed E-state index contributed by atoms with van der Waals surface area (Å²) in [7, 11) is 0. The van der Waals surface area contributed by atoms with Gasteiger partial charge in [-0.1, -0.05) is 30.3 Å². The Hall–Kier alpha value is -3.02. The molecule has 0 spiro atoms. The van der Waals surface area contributed by atoms with E-state index in [1.807, 2.05) is 42.5 Å². The summed E-state index contributed by atoms with van der Waals surface area (Å²) in [5.41, 5.74) is 1.45. The van der Waals surface area contributed by atoms with Crippen molar-refractivity contribution in [3.63, 3.8) is 0 Å². The lowest BCUT2D eigenvalue weighted by Gasteiger charge is -2.07. The second kappa shape index (κ2) is 5.26. The number of alkyl halides is 3. The summed E-state index contributed by atoms with van der Waals surface area (Å²) in [5, 5.41) is 2.11. The number of ether oxygens (including phenoxy) is 1. The van der Waals surface area contributed by atoms with Gasteiger partial charge < -0.3 is 9.15 Å². The number of hydrogen-bond donors (Lipinski definition) is 0. The van der Waals surface area contributed by atoms with Crippen molar-refractivity contribution in [2.24, 2.45) is 0 Å². The summed E-state index contributed by atoms with van der Waals surface area (Å²) in [6.07, 6.45) is -4.74. The van der Waals surface area contributed by atoms with Crippen molar-refractivity contribution in [2.45, 2.75) is 6.36 Å². The van der Waals surface area contributed by atoms with Gasteiger partial charge in [-0.15, -0.1) is 13.2 Å². The molecule has 4 aromatic rings. The molecule has 0 saturated carbocycles. The minimum absolute atomic E-state index is 0.305. The fourth-order valence-electron chi connectivity index (χ4n) is 2.55. The zero-order chi connectivity index (χ0) is 16.7. The minimum atomic E-state index is -4.74. The van der Waals surface area contributed by atoms with E-state index in [0.717, 1.165) is 16.3 Å². The lowest BCUT2D eigenvalue weighted by atomic mass is 10.1. The number of hydrogen-bond acceptors (Lipinski definition) is 3. The van der Waals surface area contributed by atoms with Gasteiger partial charge in [0.25, 0.3) is 0 Å². The van der Waals surface area contributed by atoms with Crippen LogP contribution in [-0.2, 0) is 0 Å². The smallest absolute Gasteiger partial charge is 0.436 e. The van der Waals surface area contributed by atoms with Crippen molar-refractivity contribution < 1.29 is 22.3 Å². The number of rotatable bonds is 2. The SMILES string of the molecule is FC(F)(F)Oc1ccc2oc(-c3ccc4ccccc4c3)nc2c1. The molecule has 0 fully saturated rings. The third-order valence-corrected chi connectivity index (χ3v) is 3.59. The van der Waals surface area contributed by atoms with Crippen LogP contribution in [0, 0.1) is 0 Å². The summed E-state index contributed by atoms with van der Waals surface area (Å²) < 4.78 is 46.4. The van der Waals surface area contributed by atoms with Gasteiger partial charge in [-0.05, 0) is 35.0 Å². The van der Waals surface area contributed by atoms with Crippen LogP contribution in [0.5, 0.6) is 5.75 Å². The van der Waals surface area contributed by atoms with Crippen LogP contribution in [0.15, 0.2) is 65.1 Å². The Morgan fingerprint density at radius 2 is 1.67 bits per heavy atom. The standard InChI is InChI=1S/C18H10F3NO2/c19-18(20,21)24-14-7-8-16-15(10-14)22-17(23-16)13-6-5-11-3-1-2-4-12(11)9-13/h1-10H. The fraction of sp³-hybridized carbons (Fsp3) is 0.0556. The molecule has 3 nitrogen and oxygen atoms in total. The lowest BCUT2D eigenvalue weighted by Crippen LogP contribution is -2.16. The van der Waals surface area contributed by atoms with Crippen molar-refractivity contribution in [1.29, 1.82) is 0 Å². The first-order chi connectivity index (χ1) is 11.5. The van der Waals surface area contributed by atoms with Gasteiger partial charge in [0.15, 0.2) is 5.58 Å². The van der Waals surface area contributed by atoms with Gasteiger partial charge in [0.05, 0.1) is 0 Å². The van der Waals surface area contributed by atoms with Gasteiger partial charge >= 0.3 is 6.36 Å². The lowest BCUT2D eigenvalue weighted by molar-refractivity contribution is -0.274. The largest absolute Gasteiger partial charge is 0.573 e. The molecule has 120 valence electrons. The number of fused-ring (bicyclic) bond motifs is 2. The molecule has 0 bridgehead atoms. The highest BCUT2D eigenvalue weighted by Crippen LogP contribution is 2.30. The van der Waals surface area contributed by atoms with E-state index in [4.69, 9.17) is 4.42 Å². The van der Waals surface area contributed by atoms with Gasteiger partial charge in [-0.25, -0.2) is 4.98 Å². The van der Waals surface area contributed by atoms with Gasteiger partial charge in [-0.2, -0.15) is 0 Å². The van der Waals surface area contributed by atoms with Crippen molar-refractivity contribution in [3.8, 4) is 17.2 Å². The van der Waals surface area contributed by atoms with Crippen LogP contribution in [0.1, 0.15) is 0 Å². The van der Waals surface area contributed by atoms with E-state index in [1.165, 1.54) is 18.2 Å². The second-order valence-electron chi connectivity index (χ2n) is 5.26. The van der Waals surface area contributed by atoms with Crippen LogP contribution >= 0.6 is 0 Å². The highest BCUT2D eigenvalue weighted by molar-refractivity contribution is 5.87. The molecule has 0 aliphatic heterocycles. The van der Waals surface area contributed by atoms with E-state index in [-0.39, 0.29) is 5.75 Å². The van der Waals surface area contributed by atoms with E-state index in [1.54, 1.807) is 0 Å². The Morgan fingerprint density at radius 3 is 2.46 bits per heavy atom. The van der Waals surface area contributed by atoms with Gasteiger partial charge in [0.2, 0.25) is 5.89 Å². The summed E-state index contributed by atoms with van der Waals surface area (Å²) in [4.78, 5) is 4.27. The molecule has 1 aromatic heterocycles. The molecular formula is C18H10F3NO2. The van der Waals surface area contributed by atoms with Crippen molar-refractivity contribution >= 4 is 21.9 Å². The fourth-order valence-corrected chi connectivity index (χ4v) is 2.55. The summed E-state index contributed by atoms with van der Waals surface area (Å²) in [6, 6.07) is 17.4. The Bertz CT molecular complexity index is 1040. The average Bonchev–Trinajstić information content (AvgIpc) is 2.96. The molecule has 0 amide bonds. The van der Waals surface area contributed by atoms with Crippen LogP contribution in [0.4, 0.5) is 13.2 Å². The molecule has 0 N–H and O–H groups in total. The zero-order valence-corrected chi connectivity index (χ0v) is 12.2. The molecule has 0 unspecified atom stereocenters. The summed E-state index contributed by atoms with van der Waals surface area (Å²) in [6.45, 7) is 0. The third-order valence-electron chi connectivity index (χ3n) is 3.59. The number of halogens is 3. The summed E-state index contributed by atoms with van der Waals surface area (Å²) >= 11 is 0. The molecule has 1 heterocycles. The maximum absolute atomic E-state index is 12.3. The molecule has 3 aromatic carbocycles. The molecule has 0 radical (unpaired) electrons. The molecule has 0 saturated heterocycles. The average molecular weight is 329 g/mol. The van der Waals surface area contributed by atoms with Crippen molar-refractivity contribution in [3.05, 3.63) is 60.7 Å². The minimum Gasteiger partial charge on any atom is -0.436 e. The molecule has 24 heavy (non-hydrogen) atoms. The van der Waals surface area contributed by atoms with Crippen LogP contribution < -0.4 is 4.74 Å². The molecule has 0 aliphatic rings. The van der Waals surface area contributed by atoms with E-state index in [9.17, 15) is 13.2 Å². The monoisotopic (exact) mass is 329 g/mol. The molecular weight excluding hydrogens is 319 g/mol. The van der Waals surface area contributed by atoms with Crippen LogP contribution in [0.25, 0.3) is 33.3 Å². The maximum atomic E-state index is 12.3. The van der Waals surface area contributed by atoms with Crippen molar-refractivity contribution in [2.75, 3.05) is 0 Å². The summed E-state index contributed by atoms with van der Waals surface area (Å²) in [5.74, 6) is 0.0215. The number of oxazole rings is 1. The van der Waals surface area contributed by atoms with E-state index >= 15 is 0 Å². The zero-order valence-electron chi connectivity index (χ0n) is 12.2. The number of benzene rings is 3. The topological polar surface area (TPSA) is 35.3 Å². The highest BCUT2D eigenvalue weighted by atomic mass is 19.4. The van der Waals surface area contributed by atoms with Crippen LogP contribution in [0.2, 0.25) is 0 Å². The van der Waals surface area contributed by atoms with Gasteiger partial charge in [-0.3, -0.25) is 0 Å². The van der Waals surface area contributed by atoms with Gasteiger partial charge in [0.1, 0.15) is 11.3 Å². The predicted octanol–water partition coefficient (Wildman–Crippen LogP) is 5.55. The molecule has 0 aliphatic carbocycles.